The summed E-state index contributed by atoms with van der Waals surface area (Å²) in [7, 11) is 1.51. The third-order valence-electron chi connectivity index (χ3n) is 4.54. The fourth-order valence-electron chi connectivity index (χ4n) is 3.03. The molecule has 0 saturated carbocycles. The van der Waals surface area contributed by atoms with Crippen molar-refractivity contribution in [3.8, 4) is 11.5 Å². The molecule has 0 bridgehead atoms. The first-order valence-electron chi connectivity index (χ1n) is 9.46. The zero-order chi connectivity index (χ0) is 22.7. The molecule has 32 heavy (non-hydrogen) atoms. The van der Waals surface area contributed by atoms with E-state index in [9.17, 15) is 13.6 Å². The Bertz CT molecular complexity index is 1240. The van der Waals surface area contributed by atoms with Crippen LogP contribution < -0.4 is 9.47 Å². The number of cyclic esters (lactones) is 1. The first kappa shape index (κ1) is 21.9. The minimum Gasteiger partial charge on any atom is -0.493 e. The van der Waals surface area contributed by atoms with Gasteiger partial charge in [0.05, 0.1) is 10.7 Å². The van der Waals surface area contributed by atoms with E-state index in [2.05, 4.69) is 27.6 Å². The molecule has 4 rings (SSSR count). The Morgan fingerprint density at radius 2 is 1.84 bits per heavy atom. The monoisotopic (exact) mass is 547 g/mol. The largest absolute Gasteiger partial charge is 0.493 e. The zero-order valence-corrected chi connectivity index (χ0v) is 18.9. The van der Waals surface area contributed by atoms with Crippen LogP contribution in [0.5, 0.6) is 11.5 Å². The predicted octanol–water partition coefficient (Wildman–Crippen LogP) is 5.50. The van der Waals surface area contributed by atoms with Crippen molar-refractivity contribution in [2.45, 2.75) is 6.61 Å². The van der Waals surface area contributed by atoms with Crippen LogP contribution in [0.1, 0.15) is 16.7 Å². The highest BCUT2D eigenvalue weighted by molar-refractivity contribution is 14.1. The summed E-state index contributed by atoms with van der Waals surface area (Å²) >= 11 is 2.10. The number of nitrogens with zero attached hydrogens (tertiary/aromatic N) is 1. The molecule has 0 saturated heterocycles. The van der Waals surface area contributed by atoms with E-state index in [-0.39, 0.29) is 24.0 Å². The van der Waals surface area contributed by atoms with Gasteiger partial charge in [-0.05, 0) is 88.3 Å². The summed E-state index contributed by atoms with van der Waals surface area (Å²) in [6.45, 7) is 0.169. The predicted molar refractivity (Wildman–Crippen MR) is 123 cm³/mol. The van der Waals surface area contributed by atoms with Crippen LogP contribution in [0.2, 0.25) is 0 Å². The molecule has 3 aromatic rings. The molecule has 0 N–H and O–H groups in total. The molecular weight excluding hydrogens is 531 g/mol. The average Bonchev–Trinajstić information content (AvgIpc) is 3.13. The number of carbonyl (C=O) groups is 1. The maximum absolute atomic E-state index is 13.4. The van der Waals surface area contributed by atoms with E-state index in [1.807, 2.05) is 0 Å². The number of hydrogen-bond donors (Lipinski definition) is 0. The maximum Gasteiger partial charge on any atom is 0.363 e. The molecule has 1 heterocycles. The number of rotatable bonds is 6. The molecule has 0 atom stereocenters. The van der Waals surface area contributed by atoms with Crippen molar-refractivity contribution in [2.75, 3.05) is 7.11 Å². The van der Waals surface area contributed by atoms with Crippen LogP contribution in [0.25, 0.3) is 6.08 Å². The van der Waals surface area contributed by atoms with E-state index in [1.165, 1.54) is 43.5 Å². The van der Waals surface area contributed by atoms with E-state index in [0.717, 1.165) is 3.57 Å². The number of hydrogen-bond acceptors (Lipinski definition) is 5. The van der Waals surface area contributed by atoms with Crippen LogP contribution in [0.3, 0.4) is 0 Å². The maximum atomic E-state index is 13.4. The lowest BCUT2D eigenvalue weighted by molar-refractivity contribution is -0.129. The highest BCUT2D eigenvalue weighted by Gasteiger charge is 2.24. The fraction of sp³-hybridized carbons (Fsp3) is 0.0833. The van der Waals surface area contributed by atoms with Gasteiger partial charge in [0.25, 0.3) is 0 Å². The van der Waals surface area contributed by atoms with Gasteiger partial charge >= 0.3 is 5.97 Å². The number of aliphatic imine (C=N–C) groups is 1. The van der Waals surface area contributed by atoms with Gasteiger partial charge in [0.1, 0.15) is 18.2 Å². The summed E-state index contributed by atoms with van der Waals surface area (Å²) in [4.78, 5) is 16.5. The van der Waals surface area contributed by atoms with E-state index in [1.54, 1.807) is 30.3 Å². The van der Waals surface area contributed by atoms with Crippen LogP contribution in [0, 0.1) is 15.2 Å². The summed E-state index contributed by atoms with van der Waals surface area (Å²) in [6.07, 6.45) is 1.57. The molecule has 8 heteroatoms. The van der Waals surface area contributed by atoms with Gasteiger partial charge in [-0.1, -0.05) is 12.1 Å². The molecule has 1 aliphatic heterocycles. The Morgan fingerprint density at radius 1 is 1.06 bits per heavy atom. The molecule has 0 spiro atoms. The zero-order valence-electron chi connectivity index (χ0n) is 16.8. The first-order valence-corrected chi connectivity index (χ1v) is 10.5. The highest BCUT2D eigenvalue weighted by atomic mass is 127. The number of benzene rings is 3. The van der Waals surface area contributed by atoms with Gasteiger partial charge in [-0.15, -0.1) is 0 Å². The van der Waals surface area contributed by atoms with Crippen molar-refractivity contribution in [1.29, 1.82) is 0 Å². The minimum atomic E-state index is -0.607. The second kappa shape index (κ2) is 9.47. The van der Waals surface area contributed by atoms with Gasteiger partial charge < -0.3 is 14.2 Å². The molecule has 5 nitrogen and oxygen atoms in total. The minimum absolute atomic E-state index is 0.107. The van der Waals surface area contributed by atoms with Crippen molar-refractivity contribution < 1.29 is 27.8 Å². The Hall–Kier alpha value is -3.27. The van der Waals surface area contributed by atoms with Crippen LogP contribution in [-0.4, -0.2) is 19.0 Å². The first-order chi connectivity index (χ1) is 15.4. The second-order valence-electron chi connectivity index (χ2n) is 6.80. The number of esters is 1. The van der Waals surface area contributed by atoms with Crippen LogP contribution in [0.4, 0.5) is 8.78 Å². The van der Waals surface area contributed by atoms with Crippen molar-refractivity contribution in [3.63, 3.8) is 0 Å². The lowest BCUT2D eigenvalue weighted by atomic mass is 10.1. The Kier molecular flexibility index (Phi) is 6.50. The van der Waals surface area contributed by atoms with Crippen molar-refractivity contribution in [2.24, 2.45) is 4.99 Å². The lowest BCUT2D eigenvalue weighted by Crippen LogP contribution is -2.05. The van der Waals surface area contributed by atoms with Crippen molar-refractivity contribution in [1.82, 2.24) is 0 Å². The average molecular weight is 547 g/mol. The van der Waals surface area contributed by atoms with Gasteiger partial charge in [-0.3, -0.25) is 0 Å². The van der Waals surface area contributed by atoms with Crippen molar-refractivity contribution >= 4 is 40.5 Å². The molecule has 0 radical (unpaired) electrons. The number of methoxy groups -OCH3 is 1. The van der Waals surface area contributed by atoms with Crippen molar-refractivity contribution in [3.05, 3.63) is 98.3 Å². The molecular formula is C24H16F2INO4. The van der Waals surface area contributed by atoms with E-state index < -0.39 is 11.8 Å². The van der Waals surface area contributed by atoms with Gasteiger partial charge in [0.2, 0.25) is 5.90 Å². The van der Waals surface area contributed by atoms with Gasteiger partial charge in [0.15, 0.2) is 17.2 Å². The van der Waals surface area contributed by atoms with Crippen LogP contribution >= 0.6 is 22.6 Å². The Morgan fingerprint density at radius 3 is 2.56 bits per heavy atom. The fourth-order valence-corrected chi connectivity index (χ4v) is 3.81. The molecule has 3 aromatic carbocycles. The molecule has 162 valence electrons. The lowest BCUT2D eigenvalue weighted by Gasteiger charge is -2.14. The molecule has 0 amide bonds. The molecule has 1 aliphatic rings. The second-order valence-corrected chi connectivity index (χ2v) is 7.96. The summed E-state index contributed by atoms with van der Waals surface area (Å²) in [5, 5.41) is 0. The quantitative estimate of drug-likeness (QED) is 0.233. The van der Waals surface area contributed by atoms with E-state index in [0.29, 0.717) is 28.2 Å². The summed E-state index contributed by atoms with van der Waals surface area (Å²) in [6, 6.07) is 15.2. The third kappa shape index (κ3) is 4.96. The normalized spacial score (nSPS) is 14.3. The number of ether oxygens (including phenoxy) is 3. The standard InChI is InChI=1S/C24H16F2INO4/c1-30-21-12-15(10-19(27)22(21)31-13-14-3-2-4-18(26)9-14)11-20-24(29)32-23(28-20)16-5-7-17(25)8-6-16/h2-12H,13H2,1H3/b20-11+. The topological polar surface area (TPSA) is 57.1 Å². The Labute approximate surface area is 196 Å². The SMILES string of the molecule is COc1cc(/C=C2/N=C(c3ccc(F)cc3)OC2=O)cc(I)c1OCc1cccc(F)c1. The molecule has 0 unspecified atom stereocenters. The highest BCUT2D eigenvalue weighted by Crippen LogP contribution is 2.35. The van der Waals surface area contributed by atoms with Crippen LogP contribution in [0.15, 0.2) is 71.4 Å². The van der Waals surface area contributed by atoms with Crippen LogP contribution in [-0.2, 0) is 16.1 Å². The van der Waals surface area contributed by atoms with Gasteiger partial charge in [-0.25, -0.2) is 18.6 Å². The number of halogens is 3. The molecule has 0 fully saturated rings. The summed E-state index contributed by atoms with van der Waals surface area (Å²) in [5.41, 5.74) is 1.94. The third-order valence-corrected chi connectivity index (χ3v) is 5.34. The number of carbonyl (C=O) groups excluding carboxylic acids is 1. The van der Waals surface area contributed by atoms with Gasteiger partial charge in [-0.2, -0.15) is 0 Å². The summed E-state index contributed by atoms with van der Waals surface area (Å²) in [5.74, 6) is -0.268. The van der Waals surface area contributed by atoms with E-state index in [4.69, 9.17) is 14.2 Å². The smallest absolute Gasteiger partial charge is 0.363 e. The van der Waals surface area contributed by atoms with E-state index >= 15 is 0 Å². The summed E-state index contributed by atoms with van der Waals surface area (Å²) < 4.78 is 43.8. The molecule has 0 aromatic heterocycles. The molecule has 0 aliphatic carbocycles. The Balaban J connectivity index is 1.59. The van der Waals surface area contributed by atoms with Gasteiger partial charge in [0, 0.05) is 5.56 Å².